The molecule has 0 radical (unpaired) electrons. The van der Waals surface area contributed by atoms with E-state index >= 15 is 0 Å². The van der Waals surface area contributed by atoms with Gasteiger partial charge in [0.05, 0.1) is 12.0 Å². The van der Waals surface area contributed by atoms with Gasteiger partial charge in [0.1, 0.15) is 0 Å². The number of esters is 1. The number of hydrogen-bond donors (Lipinski definition) is 1. The smallest absolute Gasteiger partial charge is 0.360 e. The Bertz CT molecular complexity index is 649. The molecule has 0 fully saturated rings. The lowest BCUT2D eigenvalue weighted by molar-refractivity contribution is 0.0589. The van der Waals surface area contributed by atoms with Gasteiger partial charge in [-0.05, 0) is 19.1 Å². The monoisotopic (exact) mass is 294 g/mol. The van der Waals surface area contributed by atoms with Crippen LogP contribution in [-0.2, 0) is 15.8 Å². The van der Waals surface area contributed by atoms with Crippen molar-refractivity contribution in [2.45, 2.75) is 11.8 Å². The second-order valence-electron chi connectivity index (χ2n) is 4.06. The van der Waals surface area contributed by atoms with E-state index < -0.39 is 17.0 Å². The third-order valence-electron chi connectivity index (χ3n) is 2.64. The van der Waals surface area contributed by atoms with Crippen molar-refractivity contribution in [3.63, 3.8) is 0 Å². The molecule has 0 spiro atoms. The van der Waals surface area contributed by atoms with E-state index in [4.69, 9.17) is 10.0 Å². The summed E-state index contributed by atoms with van der Waals surface area (Å²) < 4.78 is 23.0. The predicted molar refractivity (Wildman–Crippen MR) is 74.1 cm³/mol. The predicted octanol–water partition coefficient (Wildman–Crippen LogP) is 1.40. The van der Waals surface area contributed by atoms with Gasteiger partial charge in [-0.1, -0.05) is 17.7 Å². The summed E-state index contributed by atoms with van der Waals surface area (Å²) in [7, 11) is 1.23. The number of nitrogens with two attached hydrogens (primary N) is 1. The van der Waals surface area contributed by atoms with Crippen molar-refractivity contribution in [2.24, 2.45) is 0 Å². The molecule has 1 heterocycles. The number of rotatable bonds is 4. The lowest BCUT2D eigenvalue weighted by Crippen LogP contribution is -2.17. The fourth-order valence-electron chi connectivity index (χ4n) is 1.58. The lowest BCUT2D eigenvalue weighted by atomic mass is 10.2. The van der Waals surface area contributed by atoms with Crippen LogP contribution in [0.25, 0.3) is 0 Å². The average molecular weight is 294 g/mol. The van der Waals surface area contributed by atoms with Gasteiger partial charge < -0.3 is 14.8 Å². The number of nitrogen functional groups attached to an aromatic ring is 1. The zero-order chi connectivity index (χ0) is 14.7. The molecule has 1 aromatic carbocycles. The van der Waals surface area contributed by atoms with Gasteiger partial charge in [-0.3, -0.25) is 4.68 Å². The fourth-order valence-corrected chi connectivity index (χ4v) is 2.33. The van der Waals surface area contributed by atoms with Gasteiger partial charge in [-0.25, -0.2) is 9.00 Å². The van der Waals surface area contributed by atoms with Crippen molar-refractivity contribution in [1.29, 1.82) is 0 Å². The molecule has 0 aliphatic rings. The first-order valence-corrected chi connectivity index (χ1v) is 6.82. The molecule has 20 heavy (non-hydrogen) atoms. The topological polar surface area (TPSA) is 83.5 Å². The van der Waals surface area contributed by atoms with E-state index in [0.29, 0.717) is 4.90 Å². The minimum Gasteiger partial charge on any atom is -0.464 e. The Morgan fingerprint density at radius 1 is 1.25 bits per heavy atom. The van der Waals surface area contributed by atoms with Gasteiger partial charge in [-0.15, -0.1) is 0 Å². The first kappa shape index (κ1) is 14.1. The molecule has 0 aliphatic heterocycles. The first-order valence-electron chi connectivity index (χ1n) is 5.74. The van der Waals surface area contributed by atoms with Crippen molar-refractivity contribution < 1.29 is 17.9 Å². The van der Waals surface area contributed by atoms with Crippen LogP contribution in [-0.4, -0.2) is 22.0 Å². The molecule has 1 aromatic heterocycles. The summed E-state index contributed by atoms with van der Waals surface area (Å²) >= 11 is -1.73. The van der Waals surface area contributed by atoms with Crippen molar-refractivity contribution in [2.75, 3.05) is 13.0 Å². The zero-order valence-electron chi connectivity index (χ0n) is 11.0. The number of ether oxygens (including phenoxy) is 1. The van der Waals surface area contributed by atoms with Gasteiger partial charge in [0.25, 0.3) is 0 Å². The van der Waals surface area contributed by atoms with Crippen LogP contribution in [0.15, 0.2) is 41.4 Å². The Hall–Kier alpha value is -2.28. The number of aromatic nitrogens is 1. The highest BCUT2D eigenvalue weighted by atomic mass is 32.2. The normalized spacial score (nSPS) is 11.9. The Morgan fingerprint density at radius 2 is 1.90 bits per heavy atom. The van der Waals surface area contributed by atoms with Crippen LogP contribution in [0.5, 0.6) is 5.75 Å². The summed E-state index contributed by atoms with van der Waals surface area (Å²) in [6.45, 7) is 1.93. The SMILES string of the molecule is COC(=O)c1c(OS(=O)c2ccc(C)cc2)ccn1N. The number of carbonyl (C=O) groups excluding carboxylic acids is 1. The number of carbonyl (C=O) groups is 1. The molecular formula is C13H14N2O4S. The van der Waals surface area contributed by atoms with Crippen LogP contribution >= 0.6 is 0 Å². The van der Waals surface area contributed by atoms with Crippen LogP contribution in [0.4, 0.5) is 0 Å². The van der Waals surface area contributed by atoms with E-state index in [1.54, 1.807) is 12.1 Å². The van der Waals surface area contributed by atoms with Crippen LogP contribution in [0.1, 0.15) is 16.1 Å². The van der Waals surface area contributed by atoms with Crippen LogP contribution in [0, 0.1) is 6.92 Å². The Morgan fingerprint density at radius 3 is 2.50 bits per heavy atom. The van der Waals surface area contributed by atoms with Crippen LogP contribution < -0.4 is 10.0 Å². The molecule has 1 atom stereocenters. The highest BCUT2D eigenvalue weighted by Gasteiger charge is 2.20. The molecule has 0 amide bonds. The van der Waals surface area contributed by atoms with Crippen LogP contribution in [0.2, 0.25) is 0 Å². The molecule has 2 aromatic rings. The number of nitrogens with zero attached hydrogens (tertiary/aromatic N) is 1. The Balaban J connectivity index is 2.24. The molecular weight excluding hydrogens is 280 g/mol. The van der Waals surface area contributed by atoms with Crippen molar-refractivity contribution in [3.8, 4) is 5.75 Å². The number of aryl methyl sites for hydroxylation is 1. The maximum Gasteiger partial charge on any atom is 0.360 e. The van der Waals surface area contributed by atoms with Gasteiger partial charge in [-0.2, -0.15) is 0 Å². The van der Waals surface area contributed by atoms with E-state index in [2.05, 4.69) is 4.74 Å². The molecule has 2 N–H and O–H groups in total. The standard InChI is InChI=1S/C13H14N2O4S/c1-9-3-5-10(6-4-9)20(17)19-11-7-8-15(14)12(11)13(16)18-2/h3-8H,14H2,1-2H3. The largest absolute Gasteiger partial charge is 0.464 e. The van der Waals surface area contributed by atoms with Crippen molar-refractivity contribution in [3.05, 3.63) is 47.8 Å². The summed E-state index contributed by atoms with van der Waals surface area (Å²) in [6.07, 6.45) is 1.42. The quantitative estimate of drug-likeness (QED) is 0.680. The van der Waals surface area contributed by atoms with E-state index in [9.17, 15) is 9.00 Å². The van der Waals surface area contributed by atoms with Gasteiger partial charge >= 0.3 is 5.97 Å². The molecule has 106 valence electrons. The van der Waals surface area contributed by atoms with E-state index in [1.807, 2.05) is 19.1 Å². The summed E-state index contributed by atoms with van der Waals surface area (Å²) in [5.41, 5.74) is 1.06. The van der Waals surface area contributed by atoms with E-state index in [-0.39, 0.29) is 11.4 Å². The molecule has 0 saturated heterocycles. The molecule has 0 aliphatic carbocycles. The molecule has 0 bridgehead atoms. The minimum atomic E-state index is -1.73. The van der Waals surface area contributed by atoms with Gasteiger partial charge in [0.2, 0.25) is 11.1 Å². The third kappa shape index (κ3) is 2.83. The maximum atomic E-state index is 12.1. The number of hydrogen-bond acceptors (Lipinski definition) is 5. The Labute approximate surface area is 118 Å². The highest BCUT2D eigenvalue weighted by Crippen LogP contribution is 2.22. The Kier molecular flexibility index (Phi) is 4.09. The third-order valence-corrected chi connectivity index (χ3v) is 3.62. The second-order valence-corrected chi connectivity index (χ2v) is 5.17. The van der Waals surface area contributed by atoms with Crippen molar-refractivity contribution in [1.82, 2.24) is 4.68 Å². The molecule has 1 unspecified atom stereocenters. The lowest BCUT2D eigenvalue weighted by Gasteiger charge is -2.07. The summed E-state index contributed by atoms with van der Waals surface area (Å²) in [5.74, 6) is 5.04. The first-order chi connectivity index (χ1) is 9.52. The van der Waals surface area contributed by atoms with Crippen LogP contribution in [0.3, 0.4) is 0 Å². The molecule has 2 rings (SSSR count). The molecule has 6 nitrogen and oxygen atoms in total. The minimum absolute atomic E-state index is 0.00737. The summed E-state index contributed by atoms with van der Waals surface area (Å²) in [6, 6.07) is 8.50. The summed E-state index contributed by atoms with van der Waals surface area (Å²) in [4.78, 5) is 12.1. The maximum absolute atomic E-state index is 12.1. The van der Waals surface area contributed by atoms with E-state index in [1.165, 1.54) is 19.4 Å². The summed E-state index contributed by atoms with van der Waals surface area (Å²) in [5, 5.41) is 0. The zero-order valence-corrected chi connectivity index (χ0v) is 11.8. The molecule has 7 heteroatoms. The number of benzene rings is 1. The number of methoxy groups -OCH3 is 1. The van der Waals surface area contributed by atoms with Gasteiger partial charge in [0.15, 0.2) is 11.4 Å². The molecule has 0 saturated carbocycles. The average Bonchev–Trinajstić information content (AvgIpc) is 2.79. The fraction of sp³-hybridized carbons (Fsp3) is 0.154. The second kappa shape index (κ2) is 5.79. The highest BCUT2D eigenvalue weighted by molar-refractivity contribution is 7.80. The van der Waals surface area contributed by atoms with Gasteiger partial charge in [0, 0.05) is 12.3 Å². The van der Waals surface area contributed by atoms with E-state index in [0.717, 1.165) is 10.2 Å². The van der Waals surface area contributed by atoms with Crippen molar-refractivity contribution >= 4 is 17.0 Å².